The minimum atomic E-state index is -0.798. The first-order valence-electron chi connectivity index (χ1n) is 11.1. The summed E-state index contributed by atoms with van der Waals surface area (Å²) in [7, 11) is 0. The van der Waals surface area contributed by atoms with Crippen LogP contribution in [0.25, 0.3) is 10.6 Å². The average molecular weight is 498 g/mol. The molecule has 1 aliphatic heterocycles. The summed E-state index contributed by atoms with van der Waals surface area (Å²) in [5.74, 6) is -0.614. The van der Waals surface area contributed by atoms with E-state index in [1.54, 1.807) is 29.9 Å². The van der Waals surface area contributed by atoms with Crippen LogP contribution in [0.3, 0.4) is 0 Å². The molecule has 2 unspecified atom stereocenters. The van der Waals surface area contributed by atoms with Crippen molar-refractivity contribution < 1.29 is 18.9 Å². The summed E-state index contributed by atoms with van der Waals surface area (Å²) < 4.78 is 14.8. The molecule has 4 rings (SSSR count). The van der Waals surface area contributed by atoms with Crippen molar-refractivity contribution in [3.05, 3.63) is 81.8 Å². The van der Waals surface area contributed by atoms with Gasteiger partial charge in [-0.15, -0.1) is 17.9 Å². The Hall–Kier alpha value is -3.54. The van der Waals surface area contributed by atoms with Gasteiger partial charge in [-0.25, -0.2) is 9.37 Å². The van der Waals surface area contributed by atoms with Crippen LogP contribution in [0.4, 0.5) is 15.9 Å². The first-order chi connectivity index (χ1) is 17.0. The normalized spacial score (nSPS) is 16.4. The number of nitrogens with one attached hydrogen (secondary N) is 1. The Bertz CT molecular complexity index is 1200. The number of nitro groups is 1. The minimum absolute atomic E-state index is 0.0267. The maximum atomic E-state index is 14.8. The summed E-state index contributed by atoms with van der Waals surface area (Å²) in [5, 5.41) is 18.5. The largest absolute Gasteiger partial charge is 0.316 e. The highest BCUT2D eigenvalue weighted by atomic mass is 32.1. The maximum absolute atomic E-state index is 14.8. The Morgan fingerprint density at radius 2 is 2.17 bits per heavy atom. The van der Waals surface area contributed by atoms with Crippen LogP contribution in [-0.2, 0) is 16.1 Å². The smallest absolute Gasteiger partial charge is 0.279 e. The van der Waals surface area contributed by atoms with Crippen LogP contribution in [0.5, 0.6) is 0 Å². The predicted molar refractivity (Wildman–Crippen MR) is 131 cm³/mol. The van der Waals surface area contributed by atoms with Gasteiger partial charge in [0.1, 0.15) is 16.9 Å². The summed E-state index contributed by atoms with van der Waals surface area (Å²) in [4.78, 5) is 37.5. The second kappa shape index (κ2) is 11.3. The molecule has 9 nitrogen and oxygen atoms in total. The molecule has 0 spiro atoms. The van der Waals surface area contributed by atoms with Gasteiger partial charge in [0.2, 0.25) is 6.41 Å². The Morgan fingerprint density at radius 3 is 2.83 bits per heavy atom. The number of aromatic nitrogens is 2. The Kier molecular flexibility index (Phi) is 7.91. The fraction of sp³-hybridized carbons (Fsp3) is 0.292. The van der Waals surface area contributed by atoms with Crippen molar-refractivity contribution in [1.82, 2.24) is 15.3 Å². The quantitative estimate of drug-likeness (QED) is 0.191. The van der Waals surface area contributed by atoms with Crippen LogP contribution in [0.1, 0.15) is 29.9 Å². The third-order valence-corrected chi connectivity index (χ3v) is 6.69. The number of hydrogen-bond donors (Lipinski definition) is 1. The van der Waals surface area contributed by atoms with Crippen molar-refractivity contribution in [2.75, 3.05) is 18.2 Å². The molecule has 35 heavy (non-hydrogen) atoms. The molecule has 1 aromatic carbocycles. The third-order valence-electron chi connectivity index (χ3n) is 5.81. The molecule has 3 aromatic rings. The molecular weight excluding hydrogens is 473 g/mol. The lowest BCUT2D eigenvalue weighted by atomic mass is 9.87. The van der Waals surface area contributed by atoms with Crippen molar-refractivity contribution in [2.45, 2.75) is 31.3 Å². The van der Waals surface area contributed by atoms with Crippen molar-refractivity contribution >= 4 is 29.3 Å². The van der Waals surface area contributed by atoms with E-state index in [1.165, 1.54) is 29.5 Å². The molecule has 0 aliphatic carbocycles. The lowest BCUT2D eigenvalue weighted by molar-refractivity contribution is -0.386. The monoisotopic (exact) mass is 497 g/mol. The molecule has 182 valence electrons. The van der Waals surface area contributed by atoms with E-state index in [0.29, 0.717) is 29.9 Å². The van der Waals surface area contributed by atoms with Gasteiger partial charge in [-0.3, -0.25) is 24.7 Å². The molecule has 3 heterocycles. The molecule has 1 saturated heterocycles. The number of carbonyl (C=O) groups is 1. The number of pyridine rings is 1. The van der Waals surface area contributed by atoms with Gasteiger partial charge in [-0.2, -0.15) is 5.06 Å². The highest BCUT2D eigenvalue weighted by Gasteiger charge is 2.31. The molecule has 1 fully saturated rings. The Balaban J connectivity index is 1.57. The minimum Gasteiger partial charge on any atom is -0.316 e. The van der Waals surface area contributed by atoms with E-state index in [2.05, 4.69) is 21.9 Å². The Labute approximate surface area is 205 Å². The van der Waals surface area contributed by atoms with Crippen LogP contribution in [0.2, 0.25) is 0 Å². The number of anilines is 1. The molecule has 0 saturated carbocycles. The average Bonchev–Trinajstić information content (AvgIpc) is 3.38. The van der Waals surface area contributed by atoms with Gasteiger partial charge in [-0.05, 0) is 43.7 Å². The van der Waals surface area contributed by atoms with Crippen LogP contribution in [0.15, 0.2) is 54.7 Å². The van der Waals surface area contributed by atoms with Crippen LogP contribution >= 0.6 is 11.3 Å². The molecule has 1 N–H and O–H groups in total. The highest BCUT2D eigenvalue weighted by molar-refractivity contribution is 7.13. The van der Waals surface area contributed by atoms with Gasteiger partial charge in [-0.1, -0.05) is 6.08 Å². The Morgan fingerprint density at radius 1 is 1.37 bits per heavy atom. The zero-order chi connectivity index (χ0) is 24.8. The molecule has 2 aromatic heterocycles. The predicted octanol–water partition coefficient (Wildman–Crippen LogP) is 4.41. The van der Waals surface area contributed by atoms with Crippen molar-refractivity contribution in [3.63, 3.8) is 0 Å². The zero-order valence-corrected chi connectivity index (χ0v) is 19.6. The number of hydroxylamine groups is 1. The summed E-state index contributed by atoms with van der Waals surface area (Å²) in [6.45, 7) is 5.03. The molecule has 2 atom stereocenters. The zero-order valence-electron chi connectivity index (χ0n) is 18.8. The summed E-state index contributed by atoms with van der Waals surface area (Å²) in [5.41, 5.74) is 1.01. The first-order valence-corrected chi connectivity index (χ1v) is 12.0. The number of nitro benzene ring substituents is 1. The molecule has 1 aliphatic rings. The first kappa shape index (κ1) is 24.6. The number of nitrogens with zero attached hydrogens (tertiary/aromatic N) is 4. The van der Waals surface area contributed by atoms with Crippen LogP contribution in [0, 0.1) is 15.9 Å². The van der Waals surface area contributed by atoms with Gasteiger partial charge < -0.3 is 5.32 Å². The number of piperidine rings is 1. The SMILES string of the molecule is C=CC(Cc1ccc(F)c(C2CCCNC2)c1[N+](=O)[O-])ON(C=O)c1csc(-c2ccncc2)n1. The second-order valence-corrected chi connectivity index (χ2v) is 8.89. The number of hydrogen-bond acceptors (Lipinski definition) is 8. The molecule has 0 radical (unpaired) electrons. The lowest BCUT2D eigenvalue weighted by Crippen LogP contribution is -2.30. The number of amides is 1. The van der Waals surface area contributed by atoms with Gasteiger partial charge >= 0.3 is 0 Å². The summed E-state index contributed by atoms with van der Waals surface area (Å²) in [6.07, 6.45) is 5.91. The van der Waals surface area contributed by atoms with Crippen LogP contribution < -0.4 is 10.4 Å². The number of benzene rings is 1. The molecular formula is C24H24FN5O4S. The fourth-order valence-corrected chi connectivity index (χ4v) is 4.94. The highest BCUT2D eigenvalue weighted by Crippen LogP contribution is 2.37. The second-order valence-electron chi connectivity index (χ2n) is 8.03. The van der Waals surface area contributed by atoms with E-state index in [1.807, 2.05) is 0 Å². The van der Waals surface area contributed by atoms with Crippen LogP contribution in [-0.4, -0.2) is 40.5 Å². The van der Waals surface area contributed by atoms with E-state index < -0.39 is 16.8 Å². The van der Waals surface area contributed by atoms with Crippen molar-refractivity contribution in [1.29, 1.82) is 0 Å². The van der Waals surface area contributed by atoms with Gasteiger partial charge in [0.15, 0.2) is 5.82 Å². The topological polar surface area (TPSA) is 110 Å². The fourth-order valence-electron chi connectivity index (χ4n) is 4.15. The van der Waals surface area contributed by atoms with Crippen molar-refractivity contribution in [2.24, 2.45) is 0 Å². The van der Waals surface area contributed by atoms with Crippen molar-refractivity contribution in [3.8, 4) is 10.6 Å². The van der Waals surface area contributed by atoms with E-state index in [-0.39, 0.29) is 29.4 Å². The van der Waals surface area contributed by atoms with Gasteiger partial charge in [0, 0.05) is 47.8 Å². The standard InChI is InChI=1S/C24H24FN5O4S/c1-2-19(34-29(15-31)21-14-35-24(28-21)16-7-10-26-11-8-16)12-17-5-6-20(25)22(23(17)30(32)33)18-4-3-9-27-13-18/h2,5-8,10-11,14-15,18-19,27H,1,3-4,9,12-13H2. The number of halogens is 1. The van der Waals surface area contributed by atoms with E-state index in [9.17, 15) is 19.3 Å². The number of thiazole rings is 1. The van der Waals surface area contributed by atoms with E-state index in [4.69, 9.17) is 4.84 Å². The van der Waals surface area contributed by atoms with E-state index in [0.717, 1.165) is 23.6 Å². The van der Waals surface area contributed by atoms with Gasteiger partial charge in [0.25, 0.3) is 5.69 Å². The third kappa shape index (κ3) is 5.59. The summed E-state index contributed by atoms with van der Waals surface area (Å²) in [6, 6.07) is 6.25. The molecule has 0 bridgehead atoms. The number of carbonyl (C=O) groups excluding carboxylic acids is 1. The lowest BCUT2D eigenvalue weighted by Gasteiger charge is -2.25. The summed E-state index contributed by atoms with van der Waals surface area (Å²) >= 11 is 1.33. The number of rotatable bonds is 10. The maximum Gasteiger partial charge on any atom is 0.279 e. The van der Waals surface area contributed by atoms with Gasteiger partial charge in [0.05, 0.1) is 10.5 Å². The van der Waals surface area contributed by atoms with E-state index >= 15 is 0 Å². The molecule has 11 heteroatoms. The molecule has 1 amide bonds.